The van der Waals surface area contributed by atoms with E-state index in [-0.39, 0.29) is 23.2 Å². The fourth-order valence-electron chi connectivity index (χ4n) is 3.86. The number of carbonyl (C=O) groups is 1. The third-order valence-corrected chi connectivity index (χ3v) is 5.82. The number of fused-ring (bicyclic) bond motifs is 1. The molecule has 2 heterocycles. The molecule has 0 bridgehead atoms. The molecule has 0 N–H and O–H groups in total. The molecule has 0 atom stereocenters. The van der Waals surface area contributed by atoms with Gasteiger partial charge in [0, 0.05) is 40.0 Å². The van der Waals surface area contributed by atoms with E-state index in [1.54, 1.807) is 31.4 Å². The third-order valence-electron chi connectivity index (χ3n) is 5.54. The molecule has 0 aliphatic carbocycles. The number of non-ortho nitro benzene ring substituents is 1. The number of esters is 1. The number of cyclic esters (lactones) is 1. The summed E-state index contributed by atoms with van der Waals surface area (Å²) in [5.74, 6) is 1.27. The number of methoxy groups -OCH3 is 1. The molecule has 0 saturated carbocycles. The van der Waals surface area contributed by atoms with E-state index in [0.29, 0.717) is 34.0 Å². The maximum Gasteiger partial charge on any atom is 0.364 e. The molecule has 0 unspecified atom stereocenters. The van der Waals surface area contributed by atoms with E-state index >= 15 is 0 Å². The van der Waals surface area contributed by atoms with Crippen molar-refractivity contribution < 1.29 is 23.9 Å². The summed E-state index contributed by atoms with van der Waals surface area (Å²) >= 11 is 6.09. The SMILES string of the molecule is COc1ccc(C2=C/C(=C3/N=C(c4cccc([N+](=O)[O-])c4)OC3=O)c3ccccc3O2)cc1CCl. The molecule has 35 heavy (non-hydrogen) atoms. The molecular formula is C26H17ClN2O6. The number of alkyl halides is 1. The van der Waals surface area contributed by atoms with Crippen LogP contribution in [0.3, 0.4) is 0 Å². The summed E-state index contributed by atoms with van der Waals surface area (Å²) in [6, 6.07) is 18.5. The Kier molecular flexibility index (Phi) is 5.80. The number of halogens is 1. The van der Waals surface area contributed by atoms with E-state index in [2.05, 4.69) is 4.99 Å². The zero-order valence-corrected chi connectivity index (χ0v) is 19.1. The number of para-hydroxylation sites is 1. The Morgan fingerprint density at radius 3 is 2.63 bits per heavy atom. The minimum Gasteiger partial charge on any atom is -0.496 e. The van der Waals surface area contributed by atoms with Gasteiger partial charge < -0.3 is 14.2 Å². The molecule has 2 aliphatic heterocycles. The van der Waals surface area contributed by atoms with Crippen LogP contribution in [-0.4, -0.2) is 23.9 Å². The van der Waals surface area contributed by atoms with Gasteiger partial charge in [-0.05, 0) is 36.4 Å². The number of carbonyl (C=O) groups excluding carboxylic acids is 1. The van der Waals surface area contributed by atoms with Crippen molar-refractivity contribution in [1.29, 1.82) is 0 Å². The van der Waals surface area contributed by atoms with Gasteiger partial charge in [0.15, 0.2) is 5.70 Å². The van der Waals surface area contributed by atoms with Crippen LogP contribution in [0.15, 0.2) is 83.5 Å². The zero-order valence-electron chi connectivity index (χ0n) is 18.4. The van der Waals surface area contributed by atoms with Crippen molar-refractivity contribution in [3.63, 3.8) is 0 Å². The maximum atomic E-state index is 12.9. The van der Waals surface area contributed by atoms with Crippen LogP contribution in [0.2, 0.25) is 0 Å². The average molecular weight is 489 g/mol. The van der Waals surface area contributed by atoms with Crippen LogP contribution >= 0.6 is 11.6 Å². The number of aliphatic imine (C=N–C) groups is 1. The van der Waals surface area contributed by atoms with E-state index in [1.807, 2.05) is 30.3 Å². The third kappa shape index (κ3) is 4.15. The monoisotopic (exact) mass is 488 g/mol. The molecule has 174 valence electrons. The molecule has 3 aromatic carbocycles. The minimum atomic E-state index is -0.662. The Morgan fingerprint density at radius 1 is 1.03 bits per heavy atom. The Labute approximate surface area is 204 Å². The molecule has 0 amide bonds. The molecule has 0 aromatic heterocycles. The zero-order chi connectivity index (χ0) is 24.5. The first kappa shape index (κ1) is 22.4. The molecule has 0 saturated heterocycles. The summed E-state index contributed by atoms with van der Waals surface area (Å²) < 4.78 is 16.9. The quantitative estimate of drug-likeness (QED) is 0.155. The predicted octanol–water partition coefficient (Wildman–Crippen LogP) is 5.49. The molecule has 0 fully saturated rings. The van der Waals surface area contributed by atoms with Gasteiger partial charge in [-0.2, -0.15) is 0 Å². The lowest BCUT2D eigenvalue weighted by molar-refractivity contribution is -0.384. The minimum absolute atomic E-state index is 0.00556. The first-order chi connectivity index (χ1) is 17.0. The van der Waals surface area contributed by atoms with Gasteiger partial charge in [-0.15, -0.1) is 11.6 Å². The second-order valence-electron chi connectivity index (χ2n) is 7.64. The first-order valence-corrected chi connectivity index (χ1v) is 11.0. The Bertz CT molecular complexity index is 1470. The Morgan fingerprint density at radius 2 is 1.86 bits per heavy atom. The van der Waals surface area contributed by atoms with Crippen LogP contribution in [0.1, 0.15) is 22.3 Å². The Balaban J connectivity index is 1.65. The lowest BCUT2D eigenvalue weighted by Gasteiger charge is -2.21. The summed E-state index contributed by atoms with van der Waals surface area (Å²) in [4.78, 5) is 27.9. The number of benzene rings is 3. The van der Waals surface area contributed by atoms with Crippen LogP contribution in [0, 0.1) is 10.1 Å². The second kappa shape index (κ2) is 9.08. The molecule has 5 rings (SSSR count). The van der Waals surface area contributed by atoms with Crippen LogP contribution < -0.4 is 9.47 Å². The molecule has 9 heteroatoms. The van der Waals surface area contributed by atoms with Crippen molar-refractivity contribution in [2.45, 2.75) is 5.88 Å². The summed E-state index contributed by atoms with van der Waals surface area (Å²) in [6.07, 6.45) is 1.72. The van der Waals surface area contributed by atoms with Crippen molar-refractivity contribution in [2.75, 3.05) is 7.11 Å². The van der Waals surface area contributed by atoms with Gasteiger partial charge in [0.1, 0.15) is 17.3 Å². The predicted molar refractivity (Wildman–Crippen MR) is 130 cm³/mol. The van der Waals surface area contributed by atoms with Gasteiger partial charge in [0.25, 0.3) is 5.69 Å². The lowest BCUT2D eigenvalue weighted by atomic mass is 9.97. The van der Waals surface area contributed by atoms with Crippen LogP contribution in [0.5, 0.6) is 11.5 Å². The lowest BCUT2D eigenvalue weighted by Crippen LogP contribution is -2.09. The first-order valence-electron chi connectivity index (χ1n) is 10.5. The summed E-state index contributed by atoms with van der Waals surface area (Å²) in [5, 5.41) is 11.1. The number of ether oxygens (including phenoxy) is 3. The highest BCUT2D eigenvalue weighted by Crippen LogP contribution is 2.40. The van der Waals surface area contributed by atoms with Crippen LogP contribution in [0.4, 0.5) is 5.69 Å². The van der Waals surface area contributed by atoms with Crippen molar-refractivity contribution >= 4 is 40.5 Å². The number of allylic oxidation sites excluding steroid dienone is 2. The van der Waals surface area contributed by atoms with Crippen molar-refractivity contribution in [3.8, 4) is 11.5 Å². The summed E-state index contributed by atoms with van der Waals surface area (Å²) in [7, 11) is 1.57. The van der Waals surface area contributed by atoms with Gasteiger partial charge in [-0.3, -0.25) is 10.1 Å². The highest BCUT2D eigenvalue weighted by Gasteiger charge is 2.31. The summed E-state index contributed by atoms with van der Waals surface area (Å²) in [5.41, 5.74) is 2.98. The van der Waals surface area contributed by atoms with Gasteiger partial charge in [0.05, 0.1) is 17.9 Å². The maximum absolute atomic E-state index is 12.9. The van der Waals surface area contributed by atoms with Gasteiger partial charge in [-0.25, -0.2) is 9.79 Å². The second-order valence-corrected chi connectivity index (χ2v) is 7.91. The molecule has 3 aromatic rings. The molecular weight excluding hydrogens is 472 g/mol. The highest BCUT2D eigenvalue weighted by atomic mass is 35.5. The smallest absolute Gasteiger partial charge is 0.364 e. The molecule has 8 nitrogen and oxygen atoms in total. The van der Waals surface area contributed by atoms with E-state index in [0.717, 1.165) is 11.1 Å². The van der Waals surface area contributed by atoms with Gasteiger partial charge >= 0.3 is 5.97 Å². The fraction of sp³-hybridized carbons (Fsp3) is 0.0769. The number of hydrogen-bond donors (Lipinski definition) is 0. The van der Waals surface area contributed by atoms with Crippen LogP contribution in [0.25, 0.3) is 11.3 Å². The average Bonchev–Trinajstić information content (AvgIpc) is 3.29. The van der Waals surface area contributed by atoms with Crippen molar-refractivity contribution in [1.82, 2.24) is 0 Å². The molecule has 0 spiro atoms. The standard InChI is InChI=1S/C26H17ClN2O6/c1-33-21-10-9-15(11-17(21)14-27)23-13-20(19-7-2-3-8-22(19)34-23)24-26(30)35-25(28-24)16-5-4-6-18(12-16)29(31)32/h2-13H,14H2,1H3/b24-20-. The number of nitro groups is 1. The number of nitrogens with zero attached hydrogens (tertiary/aromatic N) is 2. The van der Waals surface area contributed by atoms with E-state index in [4.69, 9.17) is 25.8 Å². The number of nitro benzene ring substituents is 1. The topological polar surface area (TPSA) is 100 Å². The summed E-state index contributed by atoms with van der Waals surface area (Å²) in [6.45, 7) is 0. The van der Waals surface area contributed by atoms with E-state index in [1.165, 1.54) is 18.2 Å². The largest absolute Gasteiger partial charge is 0.496 e. The van der Waals surface area contributed by atoms with E-state index in [9.17, 15) is 14.9 Å². The van der Waals surface area contributed by atoms with E-state index < -0.39 is 10.9 Å². The Hall–Kier alpha value is -4.43. The molecule has 0 radical (unpaired) electrons. The van der Waals surface area contributed by atoms with Crippen molar-refractivity contribution in [2.24, 2.45) is 4.99 Å². The highest BCUT2D eigenvalue weighted by molar-refractivity contribution is 6.17. The fourth-order valence-corrected chi connectivity index (χ4v) is 4.07. The molecule has 2 aliphatic rings. The van der Waals surface area contributed by atoms with Crippen molar-refractivity contribution in [3.05, 3.63) is 111 Å². The van der Waals surface area contributed by atoms with Crippen LogP contribution in [-0.2, 0) is 15.4 Å². The normalized spacial score (nSPS) is 16.6. The number of rotatable bonds is 5. The number of hydrogen-bond acceptors (Lipinski definition) is 7. The van der Waals surface area contributed by atoms with Gasteiger partial charge in [-0.1, -0.05) is 24.3 Å². The van der Waals surface area contributed by atoms with Gasteiger partial charge in [0.2, 0.25) is 5.90 Å².